The SMILES string of the molecule is COCc1cc(=O)c(O)c([C@@H](CC(=O)N2CCc3c([nH]c4ccccc34)C2)c2cc(OC)c3c(c2)OCO3)o1. The molecule has 2 aromatic carbocycles. The molecule has 4 heterocycles. The maximum Gasteiger partial charge on any atom is 0.231 e. The lowest BCUT2D eigenvalue weighted by Gasteiger charge is -2.29. The molecule has 0 spiro atoms. The molecule has 2 aromatic heterocycles. The Bertz CT molecular complexity index is 1620. The maximum atomic E-state index is 13.8. The van der Waals surface area contributed by atoms with Crippen molar-refractivity contribution >= 4 is 16.8 Å². The summed E-state index contributed by atoms with van der Waals surface area (Å²) in [6, 6.07) is 12.7. The number of methoxy groups -OCH3 is 2. The normalized spacial score (nSPS) is 14.9. The number of amides is 1. The molecule has 4 aromatic rings. The summed E-state index contributed by atoms with van der Waals surface area (Å²) in [4.78, 5) is 31.7. The third kappa shape index (κ3) is 4.46. The molecule has 202 valence electrons. The number of ether oxygens (including phenoxy) is 4. The van der Waals surface area contributed by atoms with Crippen molar-refractivity contribution in [1.29, 1.82) is 0 Å². The second-order valence-corrected chi connectivity index (χ2v) is 9.63. The molecule has 2 aliphatic heterocycles. The molecule has 0 saturated heterocycles. The van der Waals surface area contributed by atoms with Crippen LogP contribution >= 0.6 is 0 Å². The van der Waals surface area contributed by atoms with E-state index in [0.717, 1.165) is 17.6 Å². The smallest absolute Gasteiger partial charge is 0.231 e. The molecule has 2 N–H and O–H groups in total. The Hall–Kier alpha value is -4.44. The predicted molar refractivity (Wildman–Crippen MR) is 140 cm³/mol. The van der Waals surface area contributed by atoms with Gasteiger partial charge in [-0.2, -0.15) is 0 Å². The third-order valence-electron chi connectivity index (χ3n) is 7.30. The molecular formula is C29H28N2O8. The van der Waals surface area contributed by atoms with Gasteiger partial charge in [-0.25, -0.2) is 0 Å². The molecule has 0 saturated carbocycles. The van der Waals surface area contributed by atoms with E-state index in [1.54, 1.807) is 17.0 Å². The molecule has 6 rings (SSSR count). The van der Waals surface area contributed by atoms with Crippen LogP contribution < -0.4 is 19.6 Å². The topological polar surface area (TPSA) is 123 Å². The number of H-pyrrole nitrogens is 1. The molecule has 0 fully saturated rings. The van der Waals surface area contributed by atoms with Crippen LogP contribution in [0.3, 0.4) is 0 Å². The van der Waals surface area contributed by atoms with Gasteiger partial charge in [0.15, 0.2) is 17.3 Å². The van der Waals surface area contributed by atoms with Gasteiger partial charge in [-0.05, 0) is 35.7 Å². The van der Waals surface area contributed by atoms with Gasteiger partial charge >= 0.3 is 0 Å². The number of aromatic amines is 1. The summed E-state index contributed by atoms with van der Waals surface area (Å²) in [6.07, 6.45) is 0.655. The first kappa shape index (κ1) is 24.9. The molecule has 1 amide bonds. The second-order valence-electron chi connectivity index (χ2n) is 9.63. The van der Waals surface area contributed by atoms with E-state index >= 15 is 0 Å². The fourth-order valence-electron chi connectivity index (χ4n) is 5.43. The molecule has 10 heteroatoms. The number of nitrogens with zero attached hydrogens (tertiary/aromatic N) is 1. The lowest BCUT2D eigenvalue weighted by molar-refractivity contribution is -0.132. The van der Waals surface area contributed by atoms with E-state index in [1.165, 1.54) is 31.2 Å². The van der Waals surface area contributed by atoms with Gasteiger partial charge in [-0.3, -0.25) is 9.59 Å². The van der Waals surface area contributed by atoms with Gasteiger partial charge in [0.1, 0.15) is 12.4 Å². The number of aromatic hydroxyl groups is 1. The minimum Gasteiger partial charge on any atom is -0.502 e. The first-order valence-electron chi connectivity index (χ1n) is 12.7. The summed E-state index contributed by atoms with van der Waals surface area (Å²) in [7, 11) is 2.98. The summed E-state index contributed by atoms with van der Waals surface area (Å²) in [5.41, 5.74) is 3.23. The van der Waals surface area contributed by atoms with E-state index in [2.05, 4.69) is 11.1 Å². The highest BCUT2D eigenvalue weighted by molar-refractivity contribution is 5.86. The Morgan fingerprint density at radius 2 is 2.03 bits per heavy atom. The van der Waals surface area contributed by atoms with Crippen LogP contribution in [0.1, 0.15) is 40.7 Å². The molecule has 1 atom stereocenters. The summed E-state index contributed by atoms with van der Waals surface area (Å²) in [5.74, 6) is 0.00154. The number of rotatable bonds is 7. The maximum absolute atomic E-state index is 13.8. The molecule has 0 aliphatic carbocycles. The van der Waals surface area contributed by atoms with Crippen LogP contribution in [0.15, 0.2) is 51.7 Å². The fourth-order valence-corrected chi connectivity index (χ4v) is 5.43. The van der Waals surface area contributed by atoms with Crippen LogP contribution in [0.4, 0.5) is 0 Å². The van der Waals surface area contributed by atoms with Crippen molar-refractivity contribution in [2.45, 2.75) is 31.9 Å². The zero-order chi connectivity index (χ0) is 27.1. The first-order valence-corrected chi connectivity index (χ1v) is 12.7. The highest BCUT2D eigenvalue weighted by atomic mass is 16.7. The molecule has 10 nitrogen and oxygen atoms in total. The van der Waals surface area contributed by atoms with Gasteiger partial charge in [0.25, 0.3) is 0 Å². The van der Waals surface area contributed by atoms with Gasteiger partial charge in [0.05, 0.1) is 19.6 Å². The van der Waals surface area contributed by atoms with Crippen molar-refractivity contribution in [3.8, 4) is 23.0 Å². The second kappa shape index (κ2) is 10.0. The number of benzene rings is 2. The Balaban J connectivity index is 1.38. The lowest BCUT2D eigenvalue weighted by atomic mass is 9.90. The summed E-state index contributed by atoms with van der Waals surface area (Å²) in [6.45, 7) is 1.04. The largest absolute Gasteiger partial charge is 0.502 e. The number of carbonyl (C=O) groups is 1. The highest BCUT2D eigenvalue weighted by Crippen LogP contribution is 2.46. The van der Waals surface area contributed by atoms with E-state index in [0.29, 0.717) is 35.9 Å². The summed E-state index contributed by atoms with van der Waals surface area (Å²) >= 11 is 0. The number of carbonyl (C=O) groups excluding carboxylic acids is 1. The highest BCUT2D eigenvalue weighted by Gasteiger charge is 2.32. The van der Waals surface area contributed by atoms with E-state index < -0.39 is 17.1 Å². The van der Waals surface area contributed by atoms with E-state index in [9.17, 15) is 14.7 Å². The van der Waals surface area contributed by atoms with E-state index in [4.69, 9.17) is 23.4 Å². The lowest BCUT2D eigenvalue weighted by Crippen LogP contribution is -2.36. The van der Waals surface area contributed by atoms with Crippen LogP contribution in [0.25, 0.3) is 10.9 Å². The Morgan fingerprint density at radius 1 is 1.18 bits per heavy atom. The van der Waals surface area contributed by atoms with Gasteiger partial charge < -0.3 is 38.4 Å². The van der Waals surface area contributed by atoms with Crippen molar-refractivity contribution in [3.05, 3.63) is 81.0 Å². The molecule has 0 unspecified atom stereocenters. The average Bonchev–Trinajstić information content (AvgIpc) is 3.57. The Labute approximate surface area is 223 Å². The average molecular weight is 533 g/mol. The molecule has 2 aliphatic rings. The van der Waals surface area contributed by atoms with Crippen molar-refractivity contribution in [2.24, 2.45) is 0 Å². The predicted octanol–water partition coefficient (Wildman–Crippen LogP) is 3.82. The fraction of sp³-hybridized carbons (Fsp3) is 0.310. The standard InChI is InChI=1S/C29H28N2O8/c1-35-14-17-11-23(32)27(34)28(39-17)20(16-9-24(36-2)29-25(10-16)37-15-38-29)12-26(33)31-8-7-19-18-5-3-4-6-21(18)30-22(19)13-31/h3-6,9-11,20,30,34H,7-8,12-15H2,1-2H3/t20-/m0/s1. The van der Waals surface area contributed by atoms with Crippen molar-refractivity contribution < 1.29 is 33.3 Å². The third-order valence-corrected chi connectivity index (χ3v) is 7.30. The number of para-hydroxylation sites is 1. The van der Waals surface area contributed by atoms with Crippen LogP contribution in [-0.2, 0) is 29.1 Å². The first-order chi connectivity index (χ1) is 19.0. The van der Waals surface area contributed by atoms with E-state index in [1.807, 2.05) is 18.2 Å². The number of fused-ring (bicyclic) bond motifs is 4. The van der Waals surface area contributed by atoms with Gasteiger partial charge in [0.2, 0.25) is 29.6 Å². The van der Waals surface area contributed by atoms with Crippen LogP contribution in [0.2, 0.25) is 0 Å². The minimum atomic E-state index is -0.811. The molecule has 39 heavy (non-hydrogen) atoms. The van der Waals surface area contributed by atoms with Gasteiger partial charge in [0, 0.05) is 42.7 Å². The van der Waals surface area contributed by atoms with Crippen molar-refractivity contribution in [3.63, 3.8) is 0 Å². The Kier molecular flexibility index (Phi) is 6.40. The minimum absolute atomic E-state index is 0.0212. The Morgan fingerprint density at radius 3 is 2.85 bits per heavy atom. The van der Waals surface area contributed by atoms with Gasteiger partial charge in [-0.15, -0.1) is 0 Å². The van der Waals surface area contributed by atoms with Gasteiger partial charge in [-0.1, -0.05) is 18.2 Å². The zero-order valence-corrected chi connectivity index (χ0v) is 21.6. The summed E-state index contributed by atoms with van der Waals surface area (Å²) < 4.78 is 27.7. The number of nitrogens with one attached hydrogen (secondary N) is 1. The van der Waals surface area contributed by atoms with Crippen LogP contribution in [-0.4, -0.2) is 48.5 Å². The zero-order valence-electron chi connectivity index (χ0n) is 21.6. The van der Waals surface area contributed by atoms with E-state index in [-0.39, 0.29) is 37.2 Å². The summed E-state index contributed by atoms with van der Waals surface area (Å²) in [5, 5.41) is 12.0. The molecule has 0 bridgehead atoms. The van der Waals surface area contributed by atoms with Crippen LogP contribution in [0.5, 0.6) is 23.0 Å². The van der Waals surface area contributed by atoms with Crippen molar-refractivity contribution in [2.75, 3.05) is 27.6 Å². The van der Waals surface area contributed by atoms with Crippen LogP contribution in [0, 0.1) is 0 Å². The molecular weight excluding hydrogens is 504 g/mol. The number of hydrogen-bond donors (Lipinski definition) is 2. The molecule has 0 radical (unpaired) electrons. The quantitative estimate of drug-likeness (QED) is 0.368. The number of aromatic nitrogens is 1. The monoisotopic (exact) mass is 532 g/mol. The number of hydrogen-bond acceptors (Lipinski definition) is 8. The van der Waals surface area contributed by atoms with Crippen molar-refractivity contribution in [1.82, 2.24) is 9.88 Å².